The van der Waals surface area contributed by atoms with E-state index in [9.17, 15) is 4.79 Å². The van der Waals surface area contributed by atoms with Crippen LogP contribution in [0.5, 0.6) is 0 Å². The van der Waals surface area contributed by atoms with Crippen LogP contribution in [0.1, 0.15) is 56.4 Å². The maximum absolute atomic E-state index is 12.5. The third kappa shape index (κ3) is 4.14. The second-order valence-corrected chi connectivity index (χ2v) is 7.35. The number of carbonyl (C=O) groups excluding carboxylic acids is 1. The van der Waals surface area contributed by atoms with E-state index >= 15 is 0 Å². The van der Waals surface area contributed by atoms with Crippen LogP contribution in [-0.4, -0.2) is 30.4 Å². The first kappa shape index (κ1) is 16.5. The fraction of sp³-hybridized carbons (Fsp3) is 0.650. The highest BCUT2D eigenvalue weighted by molar-refractivity contribution is 5.76. The molecule has 1 saturated heterocycles. The number of rotatable bonds is 6. The molecule has 3 heteroatoms. The van der Waals surface area contributed by atoms with Gasteiger partial charge in [-0.1, -0.05) is 56.0 Å². The minimum Gasteiger partial charge on any atom is -0.342 e. The van der Waals surface area contributed by atoms with Crippen LogP contribution in [0.3, 0.4) is 0 Å². The van der Waals surface area contributed by atoms with Crippen molar-refractivity contribution in [3.63, 3.8) is 0 Å². The molecule has 23 heavy (non-hydrogen) atoms. The minimum absolute atomic E-state index is 0.333. The van der Waals surface area contributed by atoms with Crippen LogP contribution in [0.2, 0.25) is 0 Å². The maximum Gasteiger partial charge on any atom is 0.222 e. The number of likely N-dealkylation sites (tertiary alicyclic amines) is 1. The molecule has 1 aromatic rings. The average Bonchev–Trinajstić information content (AvgIpc) is 3.25. The number of hydrogen-bond donors (Lipinski definition) is 1. The lowest BCUT2D eigenvalue weighted by Crippen LogP contribution is -2.29. The third-order valence-corrected chi connectivity index (χ3v) is 5.80. The first-order valence-corrected chi connectivity index (χ1v) is 9.30. The van der Waals surface area contributed by atoms with Gasteiger partial charge in [0.15, 0.2) is 0 Å². The number of carbonyl (C=O) groups is 1. The van der Waals surface area contributed by atoms with Crippen molar-refractivity contribution in [1.82, 2.24) is 4.90 Å². The van der Waals surface area contributed by atoms with Crippen molar-refractivity contribution in [2.24, 2.45) is 17.6 Å². The summed E-state index contributed by atoms with van der Waals surface area (Å²) >= 11 is 0. The summed E-state index contributed by atoms with van der Waals surface area (Å²) in [6.07, 6.45) is 8.55. The summed E-state index contributed by atoms with van der Waals surface area (Å²) in [5, 5.41) is 0. The van der Waals surface area contributed by atoms with Gasteiger partial charge in [0, 0.05) is 25.4 Å². The van der Waals surface area contributed by atoms with E-state index in [0.717, 1.165) is 31.8 Å². The average molecular weight is 314 g/mol. The van der Waals surface area contributed by atoms with Gasteiger partial charge in [-0.15, -0.1) is 0 Å². The van der Waals surface area contributed by atoms with Crippen molar-refractivity contribution in [3.8, 4) is 0 Å². The standard InChI is InChI=1S/C20H30N2O/c21-13-18-14-22(15-19(18)17-10-2-1-3-11-17)20(23)12-6-9-16-7-4-5-8-16/h1-3,10-11,16,18-19H,4-9,12-15,21H2/t18-,19+/m1/s1. The molecule has 0 spiro atoms. The Balaban J connectivity index is 1.51. The van der Waals surface area contributed by atoms with Crippen LogP contribution in [0.15, 0.2) is 30.3 Å². The summed E-state index contributed by atoms with van der Waals surface area (Å²) < 4.78 is 0. The Bertz CT molecular complexity index is 496. The Labute approximate surface area is 140 Å². The Morgan fingerprint density at radius 3 is 2.57 bits per heavy atom. The molecule has 0 radical (unpaired) electrons. The highest BCUT2D eigenvalue weighted by atomic mass is 16.2. The summed E-state index contributed by atoms with van der Waals surface area (Å²) in [7, 11) is 0. The lowest BCUT2D eigenvalue weighted by molar-refractivity contribution is -0.130. The first-order valence-electron chi connectivity index (χ1n) is 9.30. The fourth-order valence-corrected chi connectivity index (χ4v) is 4.39. The molecule has 126 valence electrons. The van der Waals surface area contributed by atoms with Crippen molar-refractivity contribution in [2.45, 2.75) is 50.9 Å². The Kier molecular flexibility index (Phi) is 5.71. The van der Waals surface area contributed by atoms with Crippen molar-refractivity contribution < 1.29 is 4.79 Å². The van der Waals surface area contributed by atoms with E-state index in [-0.39, 0.29) is 0 Å². The van der Waals surface area contributed by atoms with Crippen LogP contribution in [0, 0.1) is 11.8 Å². The normalized spacial score (nSPS) is 25.2. The van der Waals surface area contributed by atoms with Gasteiger partial charge in [-0.2, -0.15) is 0 Å². The zero-order valence-electron chi connectivity index (χ0n) is 14.1. The van der Waals surface area contributed by atoms with Gasteiger partial charge in [0.2, 0.25) is 5.91 Å². The van der Waals surface area contributed by atoms with Crippen molar-refractivity contribution in [1.29, 1.82) is 0 Å². The quantitative estimate of drug-likeness (QED) is 0.873. The molecule has 1 amide bonds. The summed E-state index contributed by atoms with van der Waals surface area (Å²) in [5.41, 5.74) is 7.29. The molecule has 1 aliphatic carbocycles. The zero-order chi connectivity index (χ0) is 16.1. The van der Waals surface area contributed by atoms with Crippen LogP contribution in [0.25, 0.3) is 0 Å². The van der Waals surface area contributed by atoms with E-state index in [1.165, 1.54) is 37.7 Å². The van der Waals surface area contributed by atoms with Gasteiger partial charge in [0.25, 0.3) is 0 Å². The molecule has 1 saturated carbocycles. The molecule has 1 aromatic carbocycles. The van der Waals surface area contributed by atoms with E-state index in [1.54, 1.807) is 0 Å². The molecule has 0 bridgehead atoms. The predicted octanol–water partition coefficient (Wildman–Crippen LogP) is 3.55. The van der Waals surface area contributed by atoms with Crippen LogP contribution >= 0.6 is 0 Å². The van der Waals surface area contributed by atoms with E-state index in [2.05, 4.69) is 29.2 Å². The predicted molar refractivity (Wildman–Crippen MR) is 94.1 cm³/mol. The second-order valence-electron chi connectivity index (χ2n) is 7.35. The van der Waals surface area contributed by atoms with Gasteiger partial charge in [0.05, 0.1) is 0 Å². The molecule has 3 nitrogen and oxygen atoms in total. The van der Waals surface area contributed by atoms with Gasteiger partial charge in [0.1, 0.15) is 0 Å². The van der Waals surface area contributed by atoms with Crippen LogP contribution < -0.4 is 5.73 Å². The fourth-order valence-electron chi connectivity index (χ4n) is 4.39. The number of amides is 1. The van der Waals surface area contributed by atoms with Gasteiger partial charge in [-0.3, -0.25) is 4.79 Å². The van der Waals surface area contributed by atoms with E-state index < -0.39 is 0 Å². The van der Waals surface area contributed by atoms with Gasteiger partial charge >= 0.3 is 0 Å². The molecule has 1 aliphatic heterocycles. The zero-order valence-corrected chi connectivity index (χ0v) is 14.1. The summed E-state index contributed by atoms with van der Waals surface area (Å²) in [5.74, 6) is 2.02. The minimum atomic E-state index is 0.333. The lowest BCUT2D eigenvalue weighted by atomic mass is 9.89. The molecule has 2 aliphatic rings. The Hall–Kier alpha value is -1.35. The lowest BCUT2D eigenvalue weighted by Gasteiger charge is -2.17. The van der Waals surface area contributed by atoms with E-state index in [1.807, 2.05) is 6.07 Å². The molecule has 2 atom stereocenters. The van der Waals surface area contributed by atoms with Crippen LogP contribution in [-0.2, 0) is 4.79 Å². The molecule has 0 aromatic heterocycles. The summed E-state index contributed by atoms with van der Waals surface area (Å²) in [6, 6.07) is 10.5. The molecule has 3 rings (SSSR count). The number of nitrogens with zero attached hydrogens (tertiary/aromatic N) is 1. The smallest absolute Gasteiger partial charge is 0.222 e. The number of hydrogen-bond acceptors (Lipinski definition) is 2. The molecular weight excluding hydrogens is 284 g/mol. The molecule has 0 unspecified atom stereocenters. The van der Waals surface area contributed by atoms with Crippen molar-refractivity contribution >= 4 is 5.91 Å². The molecule has 2 N–H and O–H groups in total. The highest BCUT2D eigenvalue weighted by Crippen LogP contribution is 2.33. The van der Waals surface area contributed by atoms with Crippen molar-refractivity contribution in [2.75, 3.05) is 19.6 Å². The van der Waals surface area contributed by atoms with Gasteiger partial charge in [-0.25, -0.2) is 0 Å². The second kappa shape index (κ2) is 7.96. The SMILES string of the molecule is NC[C@@H]1CN(C(=O)CCCC2CCCC2)C[C@H]1c1ccccc1. The summed E-state index contributed by atoms with van der Waals surface area (Å²) in [6.45, 7) is 2.33. The van der Waals surface area contributed by atoms with Crippen molar-refractivity contribution in [3.05, 3.63) is 35.9 Å². The molecular formula is C20H30N2O. The van der Waals surface area contributed by atoms with E-state index in [0.29, 0.717) is 24.3 Å². The molecule has 2 fully saturated rings. The highest BCUT2D eigenvalue weighted by Gasteiger charge is 2.34. The van der Waals surface area contributed by atoms with E-state index in [4.69, 9.17) is 5.73 Å². The molecule has 1 heterocycles. The summed E-state index contributed by atoms with van der Waals surface area (Å²) in [4.78, 5) is 14.6. The van der Waals surface area contributed by atoms with Gasteiger partial charge < -0.3 is 10.6 Å². The number of benzene rings is 1. The first-order chi connectivity index (χ1) is 11.3. The Morgan fingerprint density at radius 2 is 1.87 bits per heavy atom. The topological polar surface area (TPSA) is 46.3 Å². The number of nitrogens with two attached hydrogens (primary N) is 1. The third-order valence-electron chi connectivity index (χ3n) is 5.80. The van der Waals surface area contributed by atoms with Gasteiger partial charge in [-0.05, 0) is 36.8 Å². The Morgan fingerprint density at radius 1 is 1.13 bits per heavy atom. The monoisotopic (exact) mass is 314 g/mol. The largest absolute Gasteiger partial charge is 0.342 e. The maximum atomic E-state index is 12.5. The van der Waals surface area contributed by atoms with Crippen LogP contribution in [0.4, 0.5) is 0 Å².